The first-order chi connectivity index (χ1) is 6.36. The fraction of sp³-hybridized carbons (Fsp3) is 0.750. The lowest BCUT2D eigenvalue weighted by Crippen LogP contribution is -2.36. The molecule has 1 aliphatic heterocycles. The minimum atomic E-state index is -0.314. The number of aromatic nitrogens is 2. The Morgan fingerprint density at radius 1 is 1.77 bits per heavy atom. The summed E-state index contributed by atoms with van der Waals surface area (Å²) in [6.45, 7) is 1.02. The zero-order valence-electron chi connectivity index (χ0n) is 7.31. The van der Waals surface area contributed by atoms with Crippen molar-refractivity contribution < 1.29 is 5.11 Å². The first-order valence-corrected chi connectivity index (χ1v) is 5.27. The lowest BCUT2D eigenvalue weighted by molar-refractivity contribution is 0.135. The van der Waals surface area contributed by atoms with E-state index in [-0.39, 0.29) is 12.1 Å². The molecule has 2 atom stereocenters. The van der Waals surface area contributed by atoms with E-state index in [1.54, 1.807) is 6.20 Å². The molecule has 0 spiro atoms. The Hall–Kier alpha value is -0.520. The van der Waals surface area contributed by atoms with Crippen molar-refractivity contribution in [3.8, 4) is 0 Å². The van der Waals surface area contributed by atoms with E-state index in [0.717, 1.165) is 25.1 Å². The molecule has 1 aromatic rings. The van der Waals surface area contributed by atoms with Gasteiger partial charge in [0.2, 0.25) is 0 Å². The molecule has 0 aliphatic carbocycles. The van der Waals surface area contributed by atoms with E-state index >= 15 is 0 Å². The highest BCUT2D eigenvalue weighted by Crippen LogP contribution is 2.12. The Morgan fingerprint density at radius 3 is 3.31 bits per heavy atom. The van der Waals surface area contributed by atoms with Gasteiger partial charge in [0.1, 0.15) is 0 Å². The second-order valence-electron chi connectivity index (χ2n) is 3.37. The summed E-state index contributed by atoms with van der Waals surface area (Å²) in [6, 6.07) is 0.252. The Kier molecular flexibility index (Phi) is 2.87. The van der Waals surface area contributed by atoms with Crippen molar-refractivity contribution >= 4 is 11.7 Å². The van der Waals surface area contributed by atoms with Crippen LogP contribution in [0.25, 0.3) is 0 Å². The lowest BCUT2D eigenvalue weighted by atomic mass is 10.1. The van der Waals surface area contributed by atoms with Crippen LogP contribution in [0.2, 0.25) is 0 Å². The van der Waals surface area contributed by atoms with Gasteiger partial charge in [0, 0.05) is 12.5 Å². The van der Waals surface area contributed by atoms with Crippen LogP contribution in [0.15, 0.2) is 6.20 Å². The molecule has 0 radical (unpaired) electrons. The van der Waals surface area contributed by atoms with Crippen LogP contribution in [0, 0.1) is 0 Å². The first-order valence-electron chi connectivity index (χ1n) is 4.54. The number of nitrogens with one attached hydrogen (secondary N) is 1. The van der Waals surface area contributed by atoms with Gasteiger partial charge in [0.05, 0.1) is 29.7 Å². The van der Waals surface area contributed by atoms with Crippen LogP contribution in [-0.2, 0) is 6.42 Å². The van der Waals surface area contributed by atoms with Crippen molar-refractivity contribution in [2.45, 2.75) is 31.4 Å². The molecule has 1 aromatic heterocycles. The molecule has 13 heavy (non-hydrogen) atoms. The monoisotopic (exact) mass is 199 g/mol. The zero-order chi connectivity index (χ0) is 9.10. The van der Waals surface area contributed by atoms with Crippen molar-refractivity contribution in [2.75, 3.05) is 6.54 Å². The summed E-state index contributed by atoms with van der Waals surface area (Å²) in [4.78, 5) is 0. The highest BCUT2D eigenvalue weighted by Gasteiger charge is 2.23. The number of rotatable bonds is 3. The molecule has 1 aliphatic rings. The van der Waals surface area contributed by atoms with Crippen molar-refractivity contribution in [1.82, 2.24) is 14.1 Å². The molecule has 1 unspecified atom stereocenters. The fourth-order valence-corrected chi connectivity index (χ4v) is 2.11. The number of aliphatic hydroxyl groups is 1. The number of hydrogen-bond acceptors (Lipinski definition) is 5. The van der Waals surface area contributed by atoms with E-state index in [0.29, 0.717) is 6.42 Å². The van der Waals surface area contributed by atoms with Gasteiger partial charge in [0.15, 0.2) is 0 Å². The molecule has 0 aromatic carbocycles. The van der Waals surface area contributed by atoms with Gasteiger partial charge < -0.3 is 10.4 Å². The van der Waals surface area contributed by atoms with Crippen LogP contribution in [-0.4, -0.2) is 32.5 Å². The maximum absolute atomic E-state index is 9.80. The number of hydrogen-bond donors (Lipinski definition) is 2. The Bertz CT molecular complexity index is 246. The van der Waals surface area contributed by atoms with Crippen LogP contribution in [0.3, 0.4) is 0 Å². The molecule has 0 amide bonds. The van der Waals surface area contributed by atoms with Gasteiger partial charge in [-0.25, -0.2) is 0 Å². The zero-order valence-corrected chi connectivity index (χ0v) is 8.13. The average Bonchev–Trinajstić information content (AvgIpc) is 2.74. The van der Waals surface area contributed by atoms with Gasteiger partial charge in [-0.15, -0.1) is 0 Å². The molecular weight excluding hydrogens is 186 g/mol. The maximum Gasteiger partial charge on any atom is 0.0769 e. The van der Waals surface area contributed by atoms with Crippen LogP contribution in [0.5, 0.6) is 0 Å². The number of aliphatic hydroxyl groups excluding tert-OH is 1. The molecule has 1 fully saturated rings. The van der Waals surface area contributed by atoms with Crippen LogP contribution < -0.4 is 5.32 Å². The van der Waals surface area contributed by atoms with E-state index in [1.807, 2.05) is 0 Å². The van der Waals surface area contributed by atoms with Gasteiger partial charge in [-0.1, -0.05) is 0 Å². The summed E-state index contributed by atoms with van der Waals surface area (Å²) in [6.07, 6.45) is 4.26. The van der Waals surface area contributed by atoms with Crippen LogP contribution in [0.1, 0.15) is 18.5 Å². The number of nitrogens with zero attached hydrogens (tertiary/aromatic N) is 2. The Morgan fingerprint density at radius 2 is 2.69 bits per heavy atom. The second-order valence-corrected chi connectivity index (χ2v) is 3.93. The van der Waals surface area contributed by atoms with Crippen LogP contribution in [0.4, 0.5) is 0 Å². The third kappa shape index (κ3) is 2.24. The van der Waals surface area contributed by atoms with Gasteiger partial charge in [-0.2, -0.15) is 8.75 Å². The van der Waals surface area contributed by atoms with Gasteiger partial charge in [-0.3, -0.25) is 0 Å². The minimum Gasteiger partial charge on any atom is -0.391 e. The lowest BCUT2D eigenvalue weighted by Gasteiger charge is -2.16. The summed E-state index contributed by atoms with van der Waals surface area (Å²) in [5.41, 5.74) is 0.895. The predicted octanol–water partition coefficient (Wildman–Crippen LogP) is 0.193. The van der Waals surface area contributed by atoms with E-state index in [1.165, 1.54) is 11.7 Å². The normalized spacial score (nSPS) is 24.8. The topological polar surface area (TPSA) is 58.0 Å². The van der Waals surface area contributed by atoms with Gasteiger partial charge in [0.25, 0.3) is 0 Å². The van der Waals surface area contributed by atoms with Crippen molar-refractivity contribution in [1.29, 1.82) is 0 Å². The van der Waals surface area contributed by atoms with E-state index in [2.05, 4.69) is 14.1 Å². The minimum absolute atomic E-state index is 0.252. The van der Waals surface area contributed by atoms with E-state index < -0.39 is 0 Å². The summed E-state index contributed by atoms with van der Waals surface area (Å²) >= 11 is 1.19. The van der Waals surface area contributed by atoms with Crippen molar-refractivity contribution in [3.63, 3.8) is 0 Å². The summed E-state index contributed by atoms with van der Waals surface area (Å²) in [7, 11) is 0. The highest BCUT2D eigenvalue weighted by molar-refractivity contribution is 6.99. The summed E-state index contributed by atoms with van der Waals surface area (Å²) in [5.74, 6) is 0. The molecule has 1 saturated heterocycles. The first kappa shape index (κ1) is 9.05. The molecule has 0 saturated carbocycles. The summed E-state index contributed by atoms with van der Waals surface area (Å²) < 4.78 is 7.97. The molecular formula is C8H13N3OS. The quantitative estimate of drug-likeness (QED) is 0.730. The van der Waals surface area contributed by atoms with Crippen molar-refractivity contribution in [3.05, 3.63) is 11.9 Å². The molecule has 0 bridgehead atoms. The predicted molar refractivity (Wildman–Crippen MR) is 50.6 cm³/mol. The van der Waals surface area contributed by atoms with Gasteiger partial charge in [-0.05, 0) is 19.4 Å². The van der Waals surface area contributed by atoms with Gasteiger partial charge >= 0.3 is 0 Å². The van der Waals surface area contributed by atoms with Crippen molar-refractivity contribution in [2.24, 2.45) is 0 Å². The highest BCUT2D eigenvalue weighted by atomic mass is 32.1. The SMILES string of the molecule is OC(Cc1cnsn1)[C@H]1CCCN1. The molecule has 2 rings (SSSR count). The summed E-state index contributed by atoms with van der Waals surface area (Å²) in [5, 5.41) is 13.1. The molecule has 5 heteroatoms. The smallest absolute Gasteiger partial charge is 0.0769 e. The maximum atomic E-state index is 9.80. The van der Waals surface area contributed by atoms with E-state index in [4.69, 9.17) is 0 Å². The molecule has 4 nitrogen and oxygen atoms in total. The standard InChI is InChI=1S/C8H13N3OS/c12-8(7-2-1-3-9-7)4-6-5-10-13-11-6/h5,7-9,12H,1-4H2/t7-,8?/m1/s1. The molecule has 2 heterocycles. The fourth-order valence-electron chi connectivity index (χ4n) is 1.67. The average molecular weight is 199 g/mol. The molecule has 72 valence electrons. The second kappa shape index (κ2) is 4.13. The van der Waals surface area contributed by atoms with Crippen LogP contribution >= 0.6 is 11.7 Å². The largest absolute Gasteiger partial charge is 0.391 e. The third-order valence-corrected chi connectivity index (χ3v) is 2.90. The molecule has 2 N–H and O–H groups in total. The Balaban J connectivity index is 1.87. The van der Waals surface area contributed by atoms with E-state index in [9.17, 15) is 5.11 Å². The Labute approximate surface area is 81.3 Å². The third-order valence-electron chi connectivity index (χ3n) is 2.39.